The number of sulfonamides is 1. The van der Waals surface area contributed by atoms with Gasteiger partial charge in [0.25, 0.3) is 15.9 Å². The minimum atomic E-state index is -4.20. The van der Waals surface area contributed by atoms with E-state index in [4.69, 9.17) is 23.2 Å². The first-order valence-electron chi connectivity index (χ1n) is 10.6. The van der Waals surface area contributed by atoms with Crippen molar-refractivity contribution in [2.75, 3.05) is 5.32 Å². The topological polar surface area (TPSA) is 101 Å². The average Bonchev–Trinajstić information content (AvgIpc) is 3.05. The van der Waals surface area contributed by atoms with Gasteiger partial charge in [0, 0.05) is 6.04 Å². The molecule has 2 atom stereocenters. The van der Waals surface area contributed by atoms with Crippen LogP contribution in [0.3, 0.4) is 0 Å². The maximum Gasteiger partial charge on any atom is 0.281 e. The van der Waals surface area contributed by atoms with Crippen LogP contribution in [-0.4, -0.2) is 30.3 Å². The number of carbonyl (C=O) groups is 1. The highest BCUT2D eigenvalue weighted by molar-refractivity contribution is 7.90. The predicted octanol–water partition coefficient (Wildman–Crippen LogP) is 5.31. The van der Waals surface area contributed by atoms with Gasteiger partial charge in [0.05, 0.1) is 5.56 Å². The lowest BCUT2D eigenvalue weighted by molar-refractivity contribution is 0.0981. The third-order valence-corrected chi connectivity index (χ3v) is 7.49. The van der Waals surface area contributed by atoms with Gasteiger partial charge in [-0.3, -0.25) is 4.79 Å². The summed E-state index contributed by atoms with van der Waals surface area (Å²) in [6, 6.07) is 7.41. The second kappa shape index (κ2) is 9.93. The molecule has 0 saturated heterocycles. The number of halogens is 2. The zero-order chi connectivity index (χ0) is 23.5. The van der Waals surface area contributed by atoms with Crippen LogP contribution in [0, 0.1) is 11.3 Å². The van der Waals surface area contributed by atoms with Crippen LogP contribution in [0.15, 0.2) is 35.4 Å². The number of anilines is 1. The van der Waals surface area contributed by atoms with E-state index in [9.17, 15) is 13.2 Å². The monoisotopic (exact) mass is 498 g/mol. The van der Waals surface area contributed by atoms with Crippen molar-refractivity contribution < 1.29 is 13.2 Å². The molecule has 1 fully saturated rings. The molecular weight excluding hydrogens is 471 g/mol. The van der Waals surface area contributed by atoms with Crippen LogP contribution in [0.2, 0.25) is 10.3 Å². The first-order valence-corrected chi connectivity index (χ1v) is 12.8. The molecule has 1 saturated carbocycles. The lowest BCUT2D eigenvalue weighted by atomic mass is 9.89. The molecule has 32 heavy (non-hydrogen) atoms. The van der Waals surface area contributed by atoms with Crippen molar-refractivity contribution in [3.05, 3.63) is 46.2 Å². The molecule has 0 radical (unpaired) electrons. The molecular formula is C22H28Cl2N4O3S. The van der Waals surface area contributed by atoms with E-state index in [0.717, 1.165) is 18.8 Å². The summed E-state index contributed by atoms with van der Waals surface area (Å²) >= 11 is 11.6. The summed E-state index contributed by atoms with van der Waals surface area (Å²) < 4.78 is 27.3. The largest absolute Gasteiger partial charge is 0.368 e. The van der Waals surface area contributed by atoms with Gasteiger partial charge in [0.15, 0.2) is 5.03 Å². The fourth-order valence-corrected chi connectivity index (χ4v) is 5.46. The lowest BCUT2D eigenvalue weighted by Gasteiger charge is -2.19. The smallest absolute Gasteiger partial charge is 0.281 e. The van der Waals surface area contributed by atoms with E-state index in [1.54, 1.807) is 12.1 Å². The first kappa shape index (κ1) is 24.7. The van der Waals surface area contributed by atoms with Crippen molar-refractivity contribution in [2.24, 2.45) is 11.3 Å². The molecule has 1 aliphatic carbocycles. The fourth-order valence-electron chi connectivity index (χ4n) is 4.09. The molecule has 2 heterocycles. The summed E-state index contributed by atoms with van der Waals surface area (Å²) in [5, 5.41) is 2.91. The van der Waals surface area contributed by atoms with Crippen molar-refractivity contribution in [3.8, 4) is 0 Å². The maximum absolute atomic E-state index is 12.7. The summed E-state index contributed by atoms with van der Waals surface area (Å²) in [7, 11) is -4.20. The molecule has 1 amide bonds. The highest BCUT2D eigenvalue weighted by Crippen LogP contribution is 2.42. The highest BCUT2D eigenvalue weighted by Gasteiger charge is 2.30. The van der Waals surface area contributed by atoms with Crippen molar-refractivity contribution in [3.63, 3.8) is 0 Å². The van der Waals surface area contributed by atoms with Crippen molar-refractivity contribution in [1.29, 1.82) is 0 Å². The Labute approximate surface area is 199 Å². The molecule has 0 aromatic carbocycles. The number of carbonyl (C=O) groups excluding carboxylic acids is 1. The molecule has 2 N–H and O–H groups in total. The van der Waals surface area contributed by atoms with Gasteiger partial charge in [-0.25, -0.2) is 14.7 Å². The Morgan fingerprint density at radius 1 is 1.22 bits per heavy atom. The Balaban J connectivity index is 1.62. The van der Waals surface area contributed by atoms with Crippen LogP contribution in [0.1, 0.15) is 63.2 Å². The van der Waals surface area contributed by atoms with Gasteiger partial charge in [-0.15, -0.1) is 0 Å². The van der Waals surface area contributed by atoms with Crippen LogP contribution in [-0.2, 0) is 10.0 Å². The Bertz CT molecular complexity index is 1090. The lowest BCUT2D eigenvalue weighted by Crippen LogP contribution is -2.31. The highest BCUT2D eigenvalue weighted by atomic mass is 35.5. The second-order valence-corrected chi connectivity index (χ2v) is 11.5. The van der Waals surface area contributed by atoms with E-state index in [2.05, 4.69) is 36.1 Å². The van der Waals surface area contributed by atoms with Gasteiger partial charge in [-0.05, 0) is 74.6 Å². The molecule has 10 heteroatoms. The molecule has 2 aromatic rings. The van der Waals surface area contributed by atoms with Gasteiger partial charge in [0.1, 0.15) is 16.1 Å². The molecule has 0 spiro atoms. The summed E-state index contributed by atoms with van der Waals surface area (Å²) in [6.45, 7) is 6.70. The molecule has 2 unspecified atom stereocenters. The van der Waals surface area contributed by atoms with E-state index in [1.807, 2.05) is 4.72 Å². The third kappa shape index (κ3) is 6.56. The van der Waals surface area contributed by atoms with Crippen molar-refractivity contribution in [2.45, 2.75) is 63.9 Å². The van der Waals surface area contributed by atoms with Crippen LogP contribution >= 0.6 is 23.2 Å². The Hall–Kier alpha value is -1.90. The van der Waals surface area contributed by atoms with E-state index >= 15 is 0 Å². The number of hydrogen-bond donors (Lipinski definition) is 2. The Morgan fingerprint density at radius 3 is 2.62 bits per heavy atom. The average molecular weight is 499 g/mol. The number of aromatic nitrogens is 2. The number of rotatable bonds is 8. The number of pyridine rings is 2. The standard InChI is InChI=1S/C22H28Cl2N4O3S/c1-14(7-8-15-11-12-22(2,3)13-15)25-18-5-4-6-19(27-18)32(30,31)28-21(29)16-9-10-17(23)26-20(16)24/h4-6,9-10,14-15H,7-8,11-13H2,1-3H3,(H,25,27)(H,28,29). The molecule has 3 rings (SSSR count). The van der Waals surface area contributed by atoms with Gasteiger partial charge < -0.3 is 5.32 Å². The maximum atomic E-state index is 12.7. The normalized spacial score (nSPS) is 18.8. The van der Waals surface area contributed by atoms with Crippen LogP contribution < -0.4 is 10.0 Å². The Morgan fingerprint density at radius 2 is 1.97 bits per heavy atom. The van der Waals surface area contributed by atoms with Crippen molar-refractivity contribution in [1.82, 2.24) is 14.7 Å². The third-order valence-electron chi connectivity index (χ3n) is 5.76. The minimum absolute atomic E-state index is 0.0978. The fraction of sp³-hybridized carbons (Fsp3) is 0.500. The predicted molar refractivity (Wildman–Crippen MR) is 127 cm³/mol. The van der Waals surface area contributed by atoms with E-state index in [1.165, 1.54) is 37.5 Å². The minimum Gasteiger partial charge on any atom is -0.368 e. The SMILES string of the molecule is CC(CCC1CCC(C)(C)C1)Nc1cccc(S(=O)(=O)NC(=O)c2ccc(Cl)nc2Cl)n1. The number of hydrogen-bond acceptors (Lipinski definition) is 6. The summed E-state index contributed by atoms with van der Waals surface area (Å²) in [6.07, 6.45) is 5.88. The van der Waals surface area contributed by atoms with E-state index in [0.29, 0.717) is 11.2 Å². The first-order chi connectivity index (χ1) is 14.9. The quantitative estimate of drug-likeness (QED) is 0.478. The van der Waals surface area contributed by atoms with E-state index in [-0.39, 0.29) is 26.9 Å². The van der Waals surface area contributed by atoms with Crippen molar-refractivity contribution >= 4 is 45.0 Å². The number of nitrogens with zero attached hydrogens (tertiary/aromatic N) is 2. The van der Waals surface area contributed by atoms with Gasteiger partial charge in [0.2, 0.25) is 0 Å². The molecule has 0 aliphatic heterocycles. The number of nitrogens with one attached hydrogen (secondary N) is 2. The molecule has 1 aliphatic rings. The molecule has 0 bridgehead atoms. The van der Waals surface area contributed by atoms with Crippen LogP contribution in [0.25, 0.3) is 0 Å². The molecule has 7 nitrogen and oxygen atoms in total. The molecule has 2 aromatic heterocycles. The second-order valence-electron chi connectivity index (χ2n) is 9.16. The van der Waals surface area contributed by atoms with Crippen LogP contribution in [0.4, 0.5) is 5.82 Å². The zero-order valence-corrected chi connectivity index (χ0v) is 20.7. The van der Waals surface area contributed by atoms with Crippen LogP contribution in [0.5, 0.6) is 0 Å². The summed E-state index contributed by atoms with van der Waals surface area (Å²) in [4.78, 5) is 20.3. The Kier molecular flexibility index (Phi) is 7.68. The number of amides is 1. The summed E-state index contributed by atoms with van der Waals surface area (Å²) in [5.74, 6) is 0.260. The summed E-state index contributed by atoms with van der Waals surface area (Å²) in [5.41, 5.74) is 0.333. The zero-order valence-electron chi connectivity index (χ0n) is 18.4. The molecule has 174 valence electrons. The van der Waals surface area contributed by atoms with Gasteiger partial charge in [-0.1, -0.05) is 43.1 Å². The van der Waals surface area contributed by atoms with Gasteiger partial charge >= 0.3 is 0 Å². The van der Waals surface area contributed by atoms with Gasteiger partial charge in [-0.2, -0.15) is 8.42 Å². The van der Waals surface area contributed by atoms with E-state index < -0.39 is 15.9 Å².